The second kappa shape index (κ2) is 7.39. The van der Waals surface area contributed by atoms with Crippen LogP contribution < -0.4 is 10.1 Å². The monoisotopic (exact) mass is 323 g/mol. The number of hydrogen-bond donors (Lipinski definition) is 1. The molecule has 0 spiro atoms. The van der Waals surface area contributed by atoms with Crippen LogP contribution in [0, 0.1) is 23.5 Å². The van der Waals surface area contributed by atoms with Gasteiger partial charge >= 0.3 is 0 Å². The zero-order valence-corrected chi connectivity index (χ0v) is 13.2. The van der Waals surface area contributed by atoms with Crippen LogP contribution in [0.3, 0.4) is 0 Å². The van der Waals surface area contributed by atoms with Gasteiger partial charge in [-0.05, 0) is 57.5 Å². The Kier molecular flexibility index (Phi) is 5.26. The number of ether oxygens (including phenoxy) is 1. The highest BCUT2D eigenvalue weighted by Crippen LogP contribution is 2.35. The molecule has 3 rings (SSSR count). The van der Waals surface area contributed by atoms with Crippen LogP contribution in [0.15, 0.2) is 12.1 Å². The van der Waals surface area contributed by atoms with E-state index < -0.39 is 23.0 Å². The minimum Gasteiger partial charge on any atom is -0.493 e. The van der Waals surface area contributed by atoms with Crippen LogP contribution in [0.5, 0.6) is 5.75 Å². The lowest BCUT2D eigenvalue weighted by Gasteiger charge is -2.22. The van der Waals surface area contributed by atoms with Crippen molar-refractivity contribution in [3.63, 3.8) is 0 Å². The fourth-order valence-electron chi connectivity index (χ4n) is 3.15. The molecule has 126 valence electrons. The Morgan fingerprint density at radius 3 is 2.39 bits per heavy atom. The van der Waals surface area contributed by atoms with Crippen molar-refractivity contribution >= 4 is 5.78 Å². The van der Waals surface area contributed by atoms with Gasteiger partial charge in [-0.2, -0.15) is 0 Å². The molecule has 1 heterocycles. The highest BCUT2D eigenvalue weighted by atomic mass is 19.1. The van der Waals surface area contributed by atoms with Crippen molar-refractivity contribution in [2.75, 3.05) is 19.7 Å². The molecule has 1 saturated heterocycles. The average molecular weight is 323 g/mol. The maximum absolute atomic E-state index is 14.0. The van der Waals surface area contributed by atoms with Gasteiger partial charge in [0.15, 0.2) is 5.78 Å². The summed E-state index contributed by atoms with van der Waals surface area (Å²) in [6.07, 6.45) is 5.77. The van der Waals surface area contributed by atoms with Gasteiger partial charge in [0, 0.05) is 18.1 Å². The van der Waals surface area contributed by atoms with Gasteiger partial charge in [-0.25, -0.2) is 8.78 Å². The number of Topliss-reactive ketones (excluding diaryl/α,β-unsaturated/α-hetero) is 1. The van der Waals surface area contributed by atoms with Gasteiger partial charge in [0.1, 0.15) is 17.4 Å². The first-order valence-electron chi connectivity index (χ1n) is 8.52. The minimum absolute atomic E-state index is 0.164. The molecule has 23 heavy (non-hydrogen) atoms. The molecule has 3 nitrogen and oxygen atoms in total. The van der Waals surface area contributed by atoms with E-state index in [0.29, 0.717) is 12.5 Å². The van der Waals surface area contributed by atoms with Gasteiger partial charge < -0.3 is 10.1 Å². The average Bonchev–Trinajstić information content (AvgIpc) is 3.37. The van der Waals surface area contributed by atoms with Crippen LogP contribution in [0.4, 0.5) is 8.78 Å². The van der Waals surface area contributed by atoms with Gasteiger partial charge in [0.05, 0.1) is 12.2 Å². The number of piperidine rings is 1. The molecule has 5 heteroatoms. The maximum Gasteiger partial charge on any atom is 0.171 e. The summed E-state index contributed by atoms with van der Waals surface area (Å²) in [7, 11) is 0. The van der Waals surface area contributed by atoms with Gasteiger partial charge in [0.2, 0.25) is 0 Å². The SMILES string of the molecule is O=C(c1c(F)cc(OCCCC2CCNCC2)cc1F)C1CC1. The number of rotatable bonds is 7. The number of halogens is 2. The second-order valence-electron chi connectivity index (χ2n) is 6.58. The van der Waals surface area contributed by atoms with Crippen molar-refractivity contribution in [3.05, 3.63) is 29.3 Å². The lowest BCUT2D eigenvalue weighted by Crippen LogP contribution is -2.27. The zero-order valence-electron chi connectivity index (χ0n) is 13.2. The third-order valence-corrected chi connectivity index (χ3v) is 4.69. The molecule has 2 aliphatic rings. The van der Waals surface area contributed by atoms with Crippen molar-refractivity contribution < 1.29 is 18.3 Å². The van der Waals surface area contributed by atoms with Crippen molar-refractivity contribution in [1.29, 1.82) is 0 Å². The number of nitrogens with one attached hydrogen (secondary N) is 1. The molecule has 1 aliphatic heterocycles. The molecule has 1 N–H and O–H groups in total. The second-order valence-corrected chi connectivity index (χ2v) is 6.58. The summed E-state index contributed by atoms with van der Waals surface area (Å²) >= 11 is 0. The summed E-state index contributed by atoms with van der Waals surface area (Å²) in [6, 6.07) is 2.26. The molecule has 0 unspecified atom stereocenters. The third kappa shape index (κ3) is 4.28. The molecular weight excluding hydrogens is 300 g/mol. The van der Waals surface area contributed by atoms with Crippen LogP contribution in [0.25, 0.3) is 0 Å². The molecule has 1 aromatic rings. The Hall–Kier alpha value is -1.49. The molecule has 0 atom stereocenters. The molecule has 0 aromatic heterocycles. The van der Waals surface area contributed by atoms with E-state index in [1.807, 2.05) is 0 Å². The normalized spacial score (nSPS) is 18.9. The summed E-state index contributed by atoms with van der Waals surface area (Å²) in [5.41, 5.74) is -0.408. The van der Waals surface area contributed by atoms with E-state index in [4.69, 9.17) is 4.74 Å². The third-order valence-electron chi connectivity index (χ3n) is 4.69. The topological polar surface area (TPSA) is 38.3 Å². The predicted molar refractivity (Wildman–Crippen MR) is 83.7 cm³/mol. The van der Waals surface area contributed by atoms with E-state index in [1.165, 1.54) is 12.8 Å². The molecular formula is C18H23F2NO2. The highest BCUT2D eigenvalue weighted by Gasteiger charge is 2.34. The van der Waals surface area contributed by atoms with Crippen molar-refractivity contribution in [2.24, 2.45) is 11.8 Å². The van der Waals surface area contributed by atoms with Crippen LogP contribution in [-0.2, 0) is 0 Å². The lowest BCUT2D eigenvalue weighted by atomic mass is 9.93. The van der Waals surface area contributed by atoms with Crippen LogP contribution in [-0.4, -0.2) is 25.5 Å². The van der Waals surface area contributed by atoms with E-state index in [9.17, 15) is 13.6 Å². The van der Waals surface area contributed by atoms with Crippen molar-refractivity contribution in [2.45, 2.75) is 38.5 Å². The van der Waals surface area contributed by atoms with E-state index >= 15 is 0 Å². The molecule has 0 radical (unpaired) electrons. The molecule has 1 aromatic carbocycles. The van der Waals surface area contributed by atoms with Gasteiger partial charge in [0.25, 0.3) is 0 Å². The predicted octanol–water partition coefficient (Wildman–Crippen LogP) is 3.72. The van der Waals surface area contributed by atoms with Gasteiger partial charge in [-0.15, -0.1) is 0 Å². The summed E-state index contributed by atoms with van der Waals surface area (Å²) in [5, 5.41) is 3.33. The van der Waals surface area contributed by atoms with Crippen LogP contribution in [0.2, 0.25) is 0 Å². The Morgan fingerprint density at radius 1 is 1.13 bits per heavy atom. The summed E-state index contributed by atoms with van der Waals surface area (Å²) in [6.45, 7) is 2.58. The maximum atomic E-state index is 14.0. The van der Waals surface area contributed by atoms with Crippen LogP contribution >= 0.6 is 0 Å². The lowest BCUT2D eigenvalue weighted by molar-refractivity contribution is 0.0959. The fourth-order valence-corrected chi connectivity index (χ4v) is 3.15. The minimum atomic E-state index is -0.810. The molecule has 1 saturated carbocycles. The van der Waals surface area contributed by atoms with E-state index in [1.54, 1.807) is 0 Å². The fraction of sp³-hybridized carbons (Fsp3) is 0.611. The first-order chi connectivity index (χ1) is 11.1. The van der Waals surface area contributed by atoms with E-state index in [2.05, 4.69) is 5.32 Å². The van der Waals surface area contributed by atoms with Crippen molar-refractivity contribution in [3.8, 4) is 5.75 Å². The Balaban J connectivity index is 1.51. The van der Waals surface area contributed by atoms with E-state index in [-0.39, 0.29) is 11.7 Å². The number of carbonyl (C=O) groups excluding carboxylic acids is 1. The smallest absolute Gasteiger partial charge is 0.171 e. The molecule has 2 fully saturated rings. The molecule has 0 bridgehead atoms. The number of ketones is 1. The van der Waals surface area contributed by atoms with E-state index in [0.717, 1.165) is 50.9 Å². The summed E-state index contributed by atoms with van der Waals surface area (Å²) in [5.74, 6) is -1.36. The van der Waals surface area contributed by atoms with Gasteiger partial charge in [-0.3, -0.25) is 4.79 Å². The molecule has 0 amide bonds. The van der Waals surface area contributed by atoms with Crippen LogP contribution in [0.1, 0.15) is 48.9 Å². The highest BCUT2D eigenvalue weighted by molar-refractivity contribution is 5.99. The number of carbonyl (C=O) groups is 1. The quantitative estimate of drug-likeness (QED) is 0.614. The number of benzene rings is 1. The van der Waals surface area contributed by atoms with Crippen molar-refractivity contribution in [1.82, 2.24) is 5.32 Å². The summed E-state index contributed by atoms with van der Waals surface area (Å²) in [4.78, 5) is 11.9. The summed E-state index contributed by atoms with van der Waals surface area (Å²) < 4.78 is 33.5. The standard InChI is InChI=1S/C18H23F2NO2/c19-15-10-14(11-16(20)17(15)18(22)13-3-4-13)23-9-1-2-12-5-7-21-8-6-12/h10-13,21H,1-9H2. The Bertz CT molecular complexity index is 543. The number of hydrogen-bond acceptors (Lipinski definition) is 3. The Labute approximate surface area is 135 Å². The van der Waals surface area contributed by atoms with Gasteiger partial charge in [-0.1, -0.05) is 0 Å². The first kappa shape index (κ1) is 16.4. The first-order valence-corrected chi connectivity index (χ1v) is 8.52. The zero-order chi connectivity index (χ0) is 16.2. The molecule has 1 aliphatic carbocycles. The Morgan fingerprint density at radius 2 is 1.78 bits per heavy atom. The largest absolute Gasteiger partial charge is 0.493 e.